The molecule has 0 atom stereocenters. The SMILES string of the molecule is c1cc(-c2cccc3ccccc23)cc(N(c2ccc(-c3cccc4ccccc34)cc2)c2ccccc2-c2ccc3c(c2)sc2ccccc23)c1. The van der Waals surface area contributed by atoms with Gasteiger partial charge in [0, 0.05) is 37.1 Å². The van der Waals surface area contributed by atoms with E-state index < -0.39 is 0 Å². The van der Waals surface area contributed by atoms with E-state index in [1.54, 1.807) is 0 Å². The van der Waals surface area contributed by atoms with Crippen LogP contribution in [-0.4, -0.2) is 0 Å². The van der Waals surface area contributed by atoms with Crippen LogP contribution in [0.5, 0.6) is 0 Å². The lowest BCUT2D eigenvalue weighted by Gasteiger charge is -2.28. The fourth-order valence-corrected chi connectivity index (χ4v) is 8.94. The molecule has 0 bridgehead atoms. The minimum atomic E-state index is 1.11. The van der Waals surface area contributed by atoms with Crippen LogP contribution in [0.15, 0.2) is 200 Å². The van der Waals surface area contributed by atoms with E-state index >= 15 is 0 Å². The molecule has 0 spiro atoms. The van der Waals surface area contributed by atoms with Crippen LogP contribution in [-0.2, 0) is 0 Å². The van der Waals surface area contributed by atoms with Crippen LogP contribution in [0.2, 0.25) is 0 Å². The molecular weight excluding hydrogens is 647 g/mol. The predicted molar refractivity (Wildman–Crippen MR) is 225 cm³/mol. The maximum absolute atomic E-state index is 2.42. The number of rotatable bonds is 6. The Morgan fingerprint density at radius 3 is 1.62 bits per heavy atom. The van der Waals surface area contributed by atoms with Crippen molar-refractivity contribution in [3.05, 3.63) is 200 Å². The molecule has 0 N–H and O–H groups in total. The minimum Gasteiger partial charge on any atom is -0.310 e. The Morgan fingerprint density at radius 2 is 0.846 bits per heavy atom. The van der Waals surface area contributed by atoms with Crippen LogP contribution in [0.1, 0.15) is 0 Å². The summed E-state index contributed by atoms with van der Waals surface area (Å²) in [6.45, 7) is 0. The van der Waals surface area contributed by atoms with E-state index in [0.29, 0.717) is 0 Å². The topological polar surface area (TPSA) is 3.24 Å². The van der Waals surface area contributed by atoms with Gasteiger partial charge < -0.3 is 4.90 Å². The zero-order chi connectivity index (χ0) is 34.4. The monoisotopic (exact) mass is 679 g/mol. The minimum absolute atomic E-state index is 1.11. The van der Waals surface area contributed by atoms with Gasteiger partial charge in [-0.15, -0.1) is 11.3 Å². The van der Waals surface area contributed by atoms with Crippen molar-refractivity contribution in [1.82, 2.24) is 0 Å². The molecule has 244 valence electrons. The van der Waals surface area contributed by atoms with Crippen LogP contribution < -0.4 is 4.90 Å². The zero-order valence-electron chi connectivity index (χ0n) is 28.4. The van der Waals surface area contributed by atoms with E-state index in [2.05, 4.69) is 205 Å². The molecule has 9 aromatic carbocycles. The van der Waals surface area contributed by atoms with Gasteiger partial charge in [-0.3, -0.25) is 0 Å². The smallest absolute Gasteiger partial charge is 0.0540 e. The molecule has 0 unspecified atom stereocenters. The molecule has 0 aliphatic rings. The predicted octanol–water partition coefficient (Wildman–Crippen LogP) is 14.8. The molecule has 2 heteroatoms. The molecule has 0 aliphatic heterocycles. The first-order chi connectivity index (χ1) is 25.8. The highest BCUT2D eigenvalue weighted by Gasteiger charge is 2.19. The number of benzene rings is 9. The van der Waals surface area contributed by atoms with Crippen molar-refractivity contribution in [1.29, 1.82) is 0 Å². The van der Waals surface area contributed by atoms with Gasteiger partial charge in [0.2, 0.25) is 0 Å². The lowest BCUT2D eigenvalue weighted by molar-refractivity contribution is 1.28. The number of anilines is 3. The highest BCUT2D eigenvalue weighted by molar-refractivity contribution is 7.25. The Labute approximate surface area is 307 Å². The summed E-state index contributed by atoms with van der Waals surface area (Å²) in [7, 11) is 0. The molecular formula is C50H33NS. The fourth-order valence-electron chi connectivity index (χ4n) is 7.79. The lowest BCUT2D eigenvalue weighted by atomic mass is 9.96. The van der Waals surface area contributed by atoms with E-state index in [-0.39, 0.29) is 0 Å². The van der Waals surface area contributed by atoms with Crippen LogP contribution in [0.4, 0.5) is 17.1 Å². The Hall–Kier alpha value is -6.48. The van der Waals surface area contributed by atoms with Gasteiger partial charge in [0.15, 0.2) is 0 Å². The van der Waals surface area contributed by atoms with E-state index in [4.69, 9.17) is 0 Å². The summed E-state index contributed by atoms with van der Waals surface area (Å²) in [6, 6.07) is 73.0. The molecule has 1 heterocycles. The number of hydrogen-bond donors (Lipinski definition) is 0. The van der Waals surface area contributed by atoms with Crippen LogP contribution in [0.25, 0.3) is 75.1 Å². The second kappa shape index (κ2) is 12.7. The average molecular weight is 680 g/mol. The summed E-state index contributed by atoms with van der Waals surface area (Å²) in [6.07, 6.45) is 0. The maximum Gasteiger partial charge on any atom is 0.0540 e. The normalized spacial score (nSPS) is 11.5. The Kier molecular flexibility index (Phi) is 7.41. The van der Waals surface area contributed by atoms with Crippen molar-refractivity contribution < 1.29 is 0 Å². The average Bonchev–Trinajstić information content (AvgIpc) is 3.59. The van der Waals surface area contributed by atoms with E-state index in [1.807, 2.05) is 11.3 Å². The first-order valence-electron chi connectivity index (χ1n) is 17.8. The molecule has 10 aromatic rings. The third kappa shape index (κ3) is 5.24. The summed E-state index contributed by atoms with van der Waals surface area (Å²) in [4.78, 5) is 2.42. The second-order valence-corrected chi connectivity index (χ2v) is 14.4. The van der Waals surface area contributed by atoms with Gasteiger partial charge in [-0.05, 0) is 91.8 Å². The van der Waals surface area contributed by atoms with Gasteiger partial charge in [-0.2, -0.15) is 0 Å². The van der Waals surface area contributed by atoms with Crippen LogP contribution in [0.3, 0.4) is 0 Å². The van der Waals surface area contributed by atoms with Gasteiger partial charge >= 0.3 is 0 Å². The van der Waals surface area contributed by atoms with Crippen LogP contribution >= 0.6 is 11.3 Å². The maximum atomic E-state index is 2.42. The Balaban J connectivity index is 1.15. The zero-order valence-corrected chi connectivity index (χ0v) is 29.2. The molecule has 0 fully saturated rings. The molecule has 0 radical (unpaired) electrons. The van der Waals surface area contributed by atoms with E-state index in [0.717, 1.165) is 17.1 Å². The molecule has 1 aromatic heterocycles. The number of fused-ring (bicyclic) bond motifs is 5. The molecule has 0 saturated carbocycles. The van der Waals surface area contributed by atoms with Crippen LogP contribution in [0, 0.1) is 0 Å². The third-order valence-electron chi connectivity index (χ3n) is 10.3. The molecule has 10 rings (SSSR count). The standard InChI is InChI=1S/C50H33NS/c1-3-18-41-34(12-1)14-10-22-43(41)36-26-29-39(30-27-36)51(40-17-9-16-37(32-40)44-23-11-15-35-13-2-4-19-42(35)44)48-24-7-5-20-45(48)38-28-31-47-46-21-6-8-25-49(46)52-50(47)33-38/h1-33H. The van der Waals surface area contributed by atoms with Crippen molar-refractivity contribution in [3.8, 4) is 33.4 Å². The molecule has 0 saturated heterocycles. The number of thiophene rings is 1. The Bertz CT molecular complexity index is 2910. The molecule has 0 aliphatic carbocycles. The van der Waals surface area contributed by atoms with Crippen molar-refractivity contribution in [3.63, 3.8) is 0 Å². The number of hydrogen-bond acceptors (Lipinski definition) is 2. The van der Waals surface area contributed by atoms with Crippen molar-refractivity contribution in [2.24, 2.45) is 0 Å². The Morgan fingerprint density at radius 1 is 0.308 bits per heavy atom. The highest BCUT2D eigenvalue weighted by atomic mass is 32.1. The second-order valence-electron chi connectivity index (χ2n) is 13.3. The highest BCUT2D eigenvalue weighted by Crippen LogP contribution is 2.44. The number of nitrogens with zero attached hydrogens (tertiary/aromatic N) is 1. The first-order valence-corrected chi connectivity index (χ1v) is 18.6. The summed E-state index contributed by atoms with van der Waals surface area (Å²) >= 11 is 1.86. The fraction of sp³-hybridized carbons (Fsp3) is 0. The molecule has 0 amide bonds. The third-order valence-corrected chi connectivity index (χ3v) is 11.4. The summed E-state index contributed by atoms with van der Waals surface area (Å²) in [5.74, 6) is 0. The summed E-state index contributed by atoms with van der Waals surface area (Å²) in [5, 5.41) is 7.64. The lowest BCUT2D eigenvalue weighted by Crippen LogP contribution is -2.11. The van der Waals surface area contributed by atoms with Gasteiger partial charge in [-0.25, -0.2) is 0 Å². The quantitative estimate of drug-likeness (QED) is 0.169. The summed E-state index contributed by atoms with van der Waals surface area (Å²) in [5.41, 5.74) is 10.6. The van der Waals surface area contributed by atoms with E-state index in [1.165, 1.54) is 75.1 Å². The molecule has 1 nitrogen and oxygen atoms in total. The number of para-hydroxylation sites is 1. The van der Waals surface area contributed by atoms with Gasteiger partial charge in [-0.1, -0.05) is 158 Å². The van der Waals surface area contributed by atoms with Gasteiger partial charge in [0.25, 0.3) is 0 Å². The van der Waals surface area contributed by atoms with Gasteiger partial charge in [0.05, 0.1) is 5.69 Å². The molecule has 52 heavy (non-hydrogen) atoms. The largest absolute Gasteiger partial charge is 0.310 e. The van der Waals surface area contributed by atoms with Gasteiger partial charge in [0.1, 0.15) is 0 Å². The van der Waals surface area contributed by atoms with Crippen molar-refractivity contribution in [2.45, 2.75) is 0 Å². The van der Waals surface area contributed by atoms with Crippen molar-refractivity contribution >= 4 is 70.1 Å². The van der Waals surface area contributed by atoms with E-state index in [9.17, 15) is 0 Å². The first kappa shape index (κ1) is 30.4. The summed E-state index contributed by atoms with van der Waals surface area (Å²) < 4.78 is 2.62. The van der Waals surface area contributed by atoms with Crippen molar-refractivity contribution in [2.75, 3.05) is 4.90 Å².